The maximum atomic E-state index is 13.6. The molecule has 3 aromatic rings. The normalized spacial score (nSPS) is 16.3. The summed E-state index contributed by atoms with van der Waals surface area (Å²) in [4.78, 5) is 6.94. The molecule has 0 saturated carbocycles. The number of thiazole rings is 1. The highest BCUT2D eigenvalue weighted by Gasteiger charge is 2.20. The van der Waals surface area contributed by atoms with Crippen LogP contribution in [0.25, 0.3) is 10.2 Å². The van der Waals surface area contributed by atoms with Gasteiger partial charge in [0.2, 0.25) is 0 Å². The molecular weight excluding hydrogens is 399 g/mol. The van der Waals surface area contributed by atoms with E-state index in [-0.39, 0.29) is 5.82 Å². The van der Waals surface area contributed by atoms with Gasteiger partial charge in [0.05, 0.1) is 34.0 Å². The zero-order valence-corrected chi connectivity index (χ0v) is 17.3. The number of nitrogens with one attached hydrogen (secondary N) is 1. The summed E-state index contributed by atoms with van der Waals surface area (Å²) in [5.41, 5.74) is 2.54. The molecule has 4 rings (SSSR count). The van der Waals surface area contributed by atoms with E-state index in [0.717, 1.165) is 42.1 Å². The Hall–Kier alpha value is -2.23. The van der Waals surface area contributed by atoms with Gasteiger partial charge >= 0.3 is 0 Å². The summed E-state index contributed by atoms with van der Waals surface area (Å²) < 4.78 is 33.5. The number of hydrogen-bond donors (Lipinski definition) is 1. The third-order valence-electron chi connectivity index (χ3n) is 4.74. The maximum absolute atomic E-state index is 13.6. The van der Waals surface area contributed by atoms with Crippen LogP contribution in [0.3, 0.4) is 0 Å². The number of rotatable bonds is 5. The molecule has 2 aromatic carbocycles. The van der Waals surface area contributed by atoms with E-state index < -0.39 is 11.0 Å². The number of piperazine rings is 1. The number of methoxy groups -OCH3 is 1. The van der Waals surface area contributed by atoms with Crippen molar-refractivity contribution in [2.75, 3.05) is 49.8 Å². The number of halogens is 1. The molecule has 2 heterocycles. The Morgan fingerprint density at radius 2 is 1.96 bits per heavy atom. The first-order chi connectivity index (χ1) is 13.5. The van der Waals surface area contributed by atoms with E-state index in [9.17, 15) is 8.60 Å². The van der Waals surface area contributed by atoms with Crippen molar-refractivity contribution >= 4 is 49.0 Å². The second kappa shape index (κ2) is 8.02. The first-order valence-corrected chi connectivity index (χ1v) is 11.2. The van der Waals surface area contributed by atoms with Gasteiger partial charge in [-0.1, -0.05) is 11.3 Å². The maximum Gasteiger partial charge on any atom is 0.188 e. The SMILES string of the molecule is COc1ccc(F)cc1Nc1nc2cc(N3CCN(S(C)=O)CC3)ccc2s1. The van der Waals surface area contributed by atoms with E-state index >= 15 is 0 Å². The van der Waals surface area contributed by atoms with E-state index in [0.29, 0.717) is 16.6 Å². The summed E-state index contributed by atoms with van der Waals surface area (Å²) in [6.07, 6.45) is 1.72. The van der Waals surface area contributed by atoms with E-state index in [1.54, 1.807) is 19.4 Å². The van der Waals surface area contributed by atoms with Crippen LogP contribution in [-0.2, 0) is 11.0 Å². The Morgan fingerprint density at radius 3 is 2.68 bits per heavy atom. The van der Waals surface area contributed by atoms with Gasteiger partial charge in [0.1, 0.15) is 11.6 Å². The van der Waals surface area contributed by atoms with Gasteiger partial charge in [0.15, 0.2) is 5.13 Å². The standard InChI is InChI=1S/C19H21FN4O2S2/c1-26-17-5-3-13(20)11-15(17)21-19-22-16-12-14(4-6-18(16)27-19)23-7-9-24(10-8-23)28(2)25/h3-6,11-12H,7-10H2,1-2H3,(H,21,22). The van der Waals surface area contributed by atoms with Gasteiger partial charge in [-0.2, -0.15) is 0 Å². The summed E-state index contributed by atoms with van der Waals surface area (Å²) in [5, 5.41) is 3.84. The molecule has 1 saturated heterocycles. The number of nitrogens with zero attached hydrogens (tertiary/aromatic N) is 3. The average Bonchev–Trinajstić information content (AvgIpc) is 3.09. The number of fused-ring (bicyclic) bond motifs is 1. The number of anilines is 3. The third kappa shape index (κ3) is 3.96. The van der Waals surface area contributed by atoms with Crippen LogP contribution >= 0.6 is 11.3 Å². The van der Waals surface area contributed by atoms with Gasteiger partial charge in [-0.3, -0.25) is 0 Å². The third-order valence-corrected chi connectivity index (χ3v) is 6.79. The van der Waals surface area contributed by atoms with Crippen LogP contribution in [0.4, 0.5) is 20.9 Å². The molecule has 28 heavy (non-hydrogen) atoms. The smallest absolute Gasteiger partial charge is 0.188 e. The largest absolute Gasteiger partial charge is 0.495 e. The van der Waals surface area contributed by atoms with Gasteiger partial charge in [-0.25, -0.2) is 17.9 Å². The highest BCUT2D eigenvalue weighted by molar-refractivity contribution is 7.81. The molecule has 0 spiro atoms. The van der Waals surface area contributed by atoms with Crippen molar-refractivity contribution in [2.45, 2.75) is 0 Å². The number of aromatic nitrogens is 1. The summed E-state index contributed by atoms with van der Waals surface area (Å²) in [7, 11) is 0.637. The minimum absolute atomic E-state index is 0.334. The molecule has 1 fully saturated rings. The Labute approximate surface area is 169 Å². The van der Waals surface area contributed by atoms with Crippen molar-refractivity contribution in [3.63, 3.8) is 0 Å². The lowest BCUT2D eigenvalue weighted by Gasteiger charge is -2.34. The molecule has 1 atom stereocenters. The molecule has 1 aromatic heterocycles. The Bertz CT molecular complexity index is 1020. The Kier molecular flexibility index (Phi) is 5.47. The van der Waals surface area contributed by atoms with Crippen molar-refractivity contribution in [1.82, 2.24) is 9.29 Å². The lowest BCUT2D eigenvalue weighted by atomic mass is 10.2. The van der Waals surface area contributed by atoms with Gasteiger partial charge in [0, 0.05) is 44.2 Å². The monoisotopic (exact) mass is 420 g/mol. The van der Waals surface area contributed by atoms with Crippen molar-refractivity contribution in [3.05, 3.63) is 42.2 Å². The molecule has 0 bridgehead atoms. The second-order valence-electron chi connectivity index (χ2n) is 6.48. The van der Waals surface area contributed by atoms with Gasteiger partial charge in [-0.05, 0) is 30.3 Å². The zero-order chi connectivity index (χ0) is 19.7. The van der Waals surface area contributed by atoms with Gasteiger partial charge in [-0.15, -0.1) is 0 Å². The first-order valence-electron chi connectivity index (χ1n) is 8.88. The van der Waals surface area contributed by atoms with Gasteiger partial charge < -0.3 is 15.0 Å². The fourth-order valence-electron chi connectivity index (χ4n) is 3.26. The lowest BCUT2D eigenvalue weighted by Crippen LogP contribution is -2.46. The predicted molar refractivity (Wildman–Crippen MR) is 114 cm³/mol. The van der Waals surface area contributed by atoms with Crippen molar-refractivity contribution in [3.8, 4) is 5.75 Å². The highest BCUT2D eigenvalue weighted by Crippen LogP contribution is 2.34. The molecule has 1 aliphatic rings. The predicted octanol–water partition coefficient (Wildman–Crippen LogP) is 3.60. The molecule has 1 unspecified atom stereocenters. The van der Waals surface area contributed by atoms with Crippen LogP contribution in [0.1, 0.15) is 0 Å². The fourth-order valence-corrected chi connectivity index (χ4v) is 4.80. The van der Waals surface area contributed by atoms with E-state index in [1.165, 1.54) is 23.5 Å². The molecule has 0 radical (unpaired) electrons. The van der Waals surface area contributed by atoms with Crippen LogP contribution in [0.15, 0.2) is 36.4 Å². The summed E-state index contributed by atoms with van der Waals surface area (Å²) in [5.74, 6) is 0.228. The topological polar surface area (TPSA) is 57.7 Å². The van der Waals surface area contributed by atoms with E-state index in [2.05, 4.69) is 33.4 Å². The van der Waals surface area contributed by atoms with Crippen LogP contribution in [0.2, 0.25) is 0 Å². The minimum atomic E-state index is -0.916. The van der Waals surface area contributed by atoms with Crippen LogP contribution < -0.4 is 15.0 Å². The molecule has 0 amide bonds. The van der Waals surface area contributed by atoms with Crippen molar-refractivity contribution < 1.29 is 13.3 Å². The molecule has 1 aliphatic heterocycles. The summed E-state index contributed by atoms with van der Waals surface area (Å²) >= 11 is 1.51. The fraction of sp³-hybridized carbons (Fsp3) is 0.316. The summed E-state index contributed by atoms with van der Waals surface area (Å²) in [6, 6.07) is 10.6. The first kappa shape index (κ1) is 19.1. The van der Waals surface area contributed by atoms with E-state index in [4.69, 9.17) is 4.74 Å². The Balaban J connectivity index is 1.54. The minimum Gasteiger partial charge on any atom is -0.495 e. The zero-order valence-electron chi connectivity index (χ0n) is 15.6. The molecule has 148 valence electrons. The Morgan fingerprint density at radius 1 is 1.18 bits per heavy atom. The van der Waals surface area contributed by atoms with Crippen molar-refractivity contribution in [1.29, 1.82) is 0 Å². The van der Waals surface area contributed by atoms with Crippen molar-refractivity contribution in [2.24, 2.45) is 0 Å². The molecule has 6 nitrogen and oxygen atoms in total. The molecule has 9 heteroatoms. The number of hydrogen-bond acceptors (Lipinski definition) is 6. The van der Waals surface area contributed by atoms with Crippen LogP contribution in [-0.4, -0.2) is 53.0 Å². The second-order valence-corrected chi connectivity index (χ2v) is 8.88. The van der Waals surface area contributed by atoms with E-state index in [1.807, 2.05) is 4.31 Å². The molecular formula is C19H21FN4O2S2. The number of benzene rings is 2. The average molecular weight is 421 g/mol. The summed E-state index contributed by atoms with van der Waals surface area (Å²) in [6.45, 7) is 3.23. The van der Waals surface area contributed by atoms with Crippen LogP contribution in [0, 0.1) is 5.82 Å². The van der Waals surface area contributed by atoms with Gasteiger partial charge in [0.25, 0.3) is 0 Å². The number of ether oxygens (including phenoxy) is 1. The molecule has 0 aliphatic carbocycles. The van der Waals surface area contributed by atoms with Crippen LogP contribution in [0.5, 0.6) is 5.75 Å². The molecule has 1 N–H and O–H groups in total. The highest BCUT2D eigenvalue weighted by atomic mass is 32.2. The lowest BCUT2D eigenvalue weighted by molar-refractivity contribution is 0.412. The quantitative estimate of drug-likeness (QED) is 0.684.